The van der Waals surface area contributed by atoms with Crippen molar-refractivity contribution in [1.82, 2.24) is 9.62 Å². The molecule has 0 spiro atoms. The second-order valence-corrected chi connectivity index (χ2v) is 9.07. The highest BCUT2D eigenvalue weighted by Gasteiger charge is 2.49. The summed E-state index contributed by atoms with van der Waals surface area (Å²) >= 11 is 6.21. The van der Waals surface area contributed by atoms with Crippen molar-refractivity contribution in [3.05, 3.63) is 59.1 Å². The van der Waals surface area contributed by atoms with Crippen LogP contribution in [-0.2, 0) is 10.0 Å². The van der Waals surface area contributed by atoms with E-state index in [0.29, 0.717) is 12.5 Å². The lowest BCUT2D eigenvalue weighted by Gasteiger charge is -2.28. The number of benzene rings is 2. The van der Waals surface area contributed by atoms with Gasteiger partial charge in [-0.3, -0.25) is 0 Å². The largest absolute Gasteiger partial charge is 0.497 e. The van der Waals surface area contributed by atoms with Crippen LogP contribution in [0.1, 0.15) is 11.6 Å². The maximum Gasteiger partial charge on any atom is 0.245 e. The molecule has 2 aliphatic heterocycles. The molecule has 0 unspecified atom stereocenters. The standard InChI is InChI=1S/C19H21ClN2O3S/c1-25-15-8-6-13(7-9-15)19-16-11-21-10-14(16)12-22(19)26(23,24)18-5-3-2-4-17(18)20/h2-9,14,16,19,21H,10-12H2,1H3/t14-,16-,19-/m0/s1. The first kappa shape index (κ1) is 17.8. The van der Waals surface area contributed by atoms with E-state index in [1.54, 1.807) is 35.7 Å². The van der Waals surface area contributed by atoms with Gasteiger partial charge in [0.2, 0.25) is 10.0 Å². The molecule has 4 rings (SSSR count). The summed E-state index contributed by atoms with van der Waals surface area (Å²) in [5.74, 6) is 1.31. The molecule has 0 aliphatic carbocycles. The number of nitrogens with one attached hydrogen (secondary N) is 1. The number of sulfonamides is 1. The lowest BCUT2D eigenvalue weighted by Crippen LogP contribution is -2.34. The van der Waals surface area contributed by atoms with Crippen molar-refractivity contribution < 1.29 is 13.2 Å². The Hall–Kier alpha value is -1.60. The van der Waals surface area contributed by atoms with Gasteiger partial charge in [-0.1, -0.05) is 35.9 Å². The van der Waals surface area contributed by atoms with Gasteiger partial charge < -0.3 is 10.1 Å². The number of hydrogen-bond donors (Lipinski definition) is 1. The molecule has 0 saturated carbocycles. The van der Waals surface area contributed by atoms with Crippen molar-refractivity contribution in [2.24, 2.45) is 11.8 Å². The van der Waals surface area contributed by atoms with Gasteiger partial charge in [-0.05, 0) is 48.2 Å². The van der Waals surface area contributed by atoms with Crippen LogP contribution in [-0.4, -0.2) is 39.5 Å². The van der Waals surface area contributed by atoms with Gasteiger partial charge in [0, 0.05) is 13.1 Å². The van der Waals surface area contributed by atoms with Gasteiger partial charge in [-0.2, -0.15) is 4.31 Å². The Kier molecular flexibility index (Phi) is 4.69. The minimum atomic E-state index is -3.68. The van der Waals surface area contributed by atoms with Crippen LogP contribution in [0.4, 0.5) is 0 Å². The first-order valence-electron chi connectivity index (χ1n) is 8.63. The van der Waals surface area contributed by atoms with E-state index in [0.717, 1.165) is 24.4 Å². The predicted octanol–water partition coefficient (Wildman–Crippen LogP) is 2.93. The third-order valence-corrected chi connectivity index (χ3v) is 7.75. The monoisotopic (exact) mass is 392 g/mol. The van der Waals surface area contributed by atoms with Crippen LogP contribution in [0.15, 0.2) is 53.4 Å². The molecule has 2 aromatic carbocycles. The van der Waals surface area contributed by atoms with Crippen molar-refractivity contribution >= 4 is 21.6 Å². The van der Waals surface area contributed by atoms with Crippen LogP contribution < -0.4 is 10.1 Å². The van der Waals surface area contributed by atoms with Crippen LogP contribution in [0.25, 0.3) is 0 Å². The zero-order valence-electron chi connectivity index (χ0n) is 14.4. The SMILES string of the molecule is COc1ccc([C@H]2[C@H]3CNC[C@H]3CN2S(=O)(=O)c2ccccc2Cl)cc1. The topological polar surface area (TPSA) is 58.6 Å². The Bertz CT molecular complexity index is 901. The van der Waals surface area contributed by atoms with Gasteiger partial charge in [-0.15, -0.1) is 0 Å². The second-order valence-electron chi connectivity index (χ2n) is 6.81. The van der Waals surface area contributed by atoms with E-state index < -0.39 is 10.0 Å². The summed E-state index contributed by atoms with van der Waals surface area (Å²) in [6.45, 7) is 2.16. The first-order chi connectivity index (χ1) is 12.5. The van der Waals surface area contributed by atoms with E-state index in [-0.39, 0.29) is 21.9 Å². The van der Waals surface area contributed by atoms with Gasteiger partial charge in [0.1, 0.15) is 10.6 Å². The molecule has 0 amide bonds. The molecule has 26 heavy (non-hydrogen) atoms. The number of methoxy groups -OCH3 is 1. The molecular weight excluding hydrogens is 372 g/mol. The quantitative estimate of drug-likeness (QED) is 0.869. The van der Waals surface area contributed by atoms with Crippen molar-refractivity contribution in [3.8, 4) is 5.75 Å². The first-order valence-corrected chi connectivity index (χ1v) is 10.4. The normalized spacial score (nSPS) is 26.0. The average molecular weight is 393 g/mol. The van der Waals surface area contributed by atoms with Gasteiger partial charge in [-0.25, -0.2) is 8.42 Å². The molecule has 2 saturated heterocycles. The smallest absolute Gasteiger partial charge is 0.245 e. The highest BCUT2D eigenvalue weighted by atomic mass is 35.5. The van der Waals surface area contributed by atoms with Crippen LogP contribution in [0.2, 0.25) is 5.02 Å². The van der Waals surface area contributed by atoms with E-state index in [1.807, 2.05) is 24.3 Å². The van der Waals surface area contributed by atoms with Crippen molar-refractivity contribution in [1.29, 1.82) is 0 Å². The molecule has 138 valence electrons. The number of rotatable bonds is 4. The van der Waals surface area contributed by atoms with Crippen molar-refractivity contribution in [2.45, 2.75) is 10.9 Å². The number of nitrogens with zero attached hydrogens (tertiary/aromatic N) is 1. The Labute approximate surface area is 159 Å². The zero-order valence-corrected chi connectivity index (χ0v) is 16.0. The maximum atomic E-state index is 13.4. The minimum absolute atomic E-state index is 0.174. The summed E-state index contributed by atoms with van der Waals surface area (Å²) in [6.07, 6.45) is 0. The lowest BCUT2D eigenvalue weighted by atomic mass is 9.90. The Morgan fingerprint density at radius 3 is 2.54 bits per heavy atom. The number of fused-ring (bicyclic) bond motifs is 1. The summed E-state index contributed by atoms with van der Waals surface area (Å²) in [4.78, 5) is 0.174. The number of hydrogen-bond acceptors (Lipinski definition) is 4. The molecule has 2 heterocycles. The van der Waals surface area contributed by atoms with Gasteiger partial charge in [0.25, 0.3) is 0 Å². The van der Waals surface area contributed by atoms with E-state index in [1.165, 1.54) is 0 Å². The molecule has 1 N–H and O–H groups in total. The minimum Gasteiger partial charge on any atom is -0.497 e. The Balaban J connectivity index is 1.77. The predicted molar refractivity (Wildman–Crippen MR) is 101 cm³/mol. The summed E-state index contributed by atoms with van der Waals surface area (Å²) in [5, 5.41) is 3.66. The third kappa shape index (κ3) is 2.91. The molecule has 7 heteroatoms. The molecule has 0 radical (unpaired) electrons. The van der Waals surface area contributed by atoms with Gasteiger partial charge in [0.05, 0.1) is 18.2 Å². The average Bonchev–Trinajstić information content (AvgIpc) is 3.23. The van der Waals surface area contributed by atoms with E-state index >= 15 is 0 Å². The second kappa shape index (κ2) is 6.85. The summed E-state index contributed by atoms with van der Waals surface area (Å²) in [7, 11) is -2.06. The van der Waals surface area contributed by atoms with E-state index in [2.05, 4.69) is 5.32 Å². The fourth-order valence-electron chi connectivity index (χ4n) is 4.12. The molecule has 3 atom stereocenters. The van der Waals surface area contributed by atoms with Crippen LogP contribution >= 0.6 is 11.6 Å². The zero-order chi connectivity index (χ0) is 18.3. The fourth-order valence-corrected chi connectivity index (χ4v) is 6.33. The molecular formula is C19H21ClN2O3S. The van der Waals surface area contributed by atoms with E-state index in [4.69, 9.17) is 16.3 Å². The highest BCUT2D eigenvalue weighted by Crippen LogP contribution is 2.46. The van der Waals surface area contributed by atoms with E-state index in [9.17, 15) is 8.42 Å². The molecule has 2 fully saturated rings. The molecule has 0 bridgehead atoms. The van der Waals surface area contributed by atoms with Crippen molar-refractivity contribution in [2.75, 3.05) is 26.7 Å². The Morgan fingerprint density at radius 1 is 1.12 bits per heavy atom. The van der Waals surface area contributed by atoms with Gasteiger partial charge in [0.15, 0.2) is 0 Å². The molecule has 0 aromatic heterocycles. The number of halogens is 1. The highest BCUT2D eigenvalue weighted by molar-refractivity contribution is 7.89. The van der Waals surface area contributed by atoms with Crippen LogP contribution in [0.3, 0.4) is 0 Å². The third-order valence-electron chi connectivity index (χ3n) is 5.40. The summed E-state index contributed by atoms with van der Waals surface area (Å²) < 4.78 is 33.6. The van der Waals surface area contributed by atoms with Crippen LogP contribution in [0, 0.1) is 11.8 Å². The molecule has 2 aromatic rings. The molecule has 2 aliphatic rings. The maximum absolute atomic E-state index is 13.4. The van der Waals surface area contributed by atoms with Crippen LogP contribution in [0.5, 0.6) is 5.75 Å². The Morgan fingerprint density at radius 2 is 1.85 bits per heavy atom. The number of ether oxygens (including phenoxy) is 1. The summed E-state index contributed by atoms with van der Waals surface area (Å²) in [6, 6.07) is 14.1. The summed E-state index contributed by atoms with van der Waals surface area (Å²) in [5.41, 5.74) is 0.984. The van der Waals surface area contributed by atoms with Gasteiger partial charge >= 0.3 is 0 Å². The molecule has 5 nitrogen and oxygen atoms in total. The van der Waals surface area contributed by atoms with Crippen molar-refractivity contribution in [3.63, 3.8) is 0 Å². The lowest BCUT2D eigenvalue weighted by molar-refractivity contribution is 0.345. The fraction of sp³-hybridized carbons (Fsp3) is 0.368.